The van der Waals surface area contributed by atoms with Gasteiger partial charge in [0.05, 0.1) is 0 Å². The predicted molar refractivity (Wildman–Crippen MR) is 74.6 cm³/mol. The molecule has 8 heteroatoms. The van der Waals surface area contributed by atoms with Crippen LogP contribution in [0.2, 0.25) is 0 Å². The van der Waals surface area contributed by atoms with Gasteiger partial charge in [-0.3, -0.25) is 4.79 Å². The van der Waals surface area contributed by atoms with E-state index in [1.165, 1.54) is 23.4 Å². The number of piperidine rings is 1. The summed E-state index contributed by atoms with van der Waals surface area (Å²) < 4.78 is 26.4. The number of carbonyl (C=O) groups excluding carboxylic acids is 1. The van der Waals surface area contributed by atoms with Crippen LogP contribution in [0.4, 0.5) is 0 Å². The molecule has 0 aliphatic carbocycles. The fourth-order valence-electron chi connectivity index (χ4n) is 2.17. The largest absolute Gasteiger partial charge is 0.354 e. The Kier molecular flexibility index (Phi) is 4.42. The Morgan fingerprint density at radius 2 is 2.10 bits per heavy atom. The Morgan fingerprint density at radius 3 is 2.60 bits per heavy atom. The van der Waals surface area contributed by atoms with Crippen LogP contribution in [-0.2, 0) is 14.8 Å². The molecule has 1 fully saturated rings. The number of hydrogen-bond donors (Lipinski definition) is 1. The van der Waals surface area contributed by atoms with Gasteiger partial charge < -0.3 is 5.32 Å². The minimum atomic E-state index is -3.52. The number of carbonyl (C=O) groups is 1. The van der Waals surface area contributed by atoms with Crippen LogP contribution in [0.15, 0.2) is 16.3 Å². The summed E-state index contributed by atoms with van der Waals surface area (Å²) in [6.45, 7) is 2.22. The minimum Gasteiger partial charge on any atom is -0.354 e. The summed E-state index contributed by atoms with van der Waals surface area (Å²) in [4.78, 5) is 11.4. The Morgan fingerprint density at radius 1 is 1.45 bits per heavy atom. The molecular weight excluding hydrogens is 298 g/mol. The van der Waals surface area contributed by atoms with Crippen molar-refractivity contribution in [3.63, 3.8) is 0 Å². The van der Waals surface area contributed by atoms with E-state index in [4.69, 9.17) is 5.26 Å². The third-order valence-electron chi connectivity index (χ3n) is 3.15. The zero-order valence-electron chi connectivity index (χ0n) is 11.0. The molecular formula is C12H15N3O3S2. The van der Waals surface area contributed by atoms with E-state index in [2.05, 4.69) is 5.32 Å². The van der Waals surface area contributed by atoms with Crippen LogP contribution in [0.1, 0.15) is 24.6 Å². The number of nitrogens with zero attached hydrogens (tertiary/aromatic N) is 2. The summed E-state index contributed by atoms with van der Waals surface area (Å²) in [5, 5.41) is 11.6. The van der Waals surface area contributed by atoms with Gasteiger partial charge in [-0.15, -0.1) is 11.3 Å². The molecule has 1 aromatic heterocycles. The first-order valence-electron chi connectivity index (χ1n) is 6.20. The molecule has 1 aliphatic heterocycles. The zero-order valence-corrected chi connectivity index (χ0v) is 12.6. The Bertz CT molecular complexity index is 637. The number of amides is 1. The van der Waals surface area contributed by atoms with Crippen molar-refractivity contribution in [3.05, 3.63) is 17.0 Å². The third-order valence-corrected chi connectivity index (χ3v) is 6.50. The minimum absolute atomic E-state index is 0.0388. The zero-order chi connectivity index (χ0) is 14.8. The molecule has 1 aliphatic rings. The third kappa shape index (κ3) is 3.17. The number of rotatable bonds is 3. The molecule has 6 nitrogen and oxygen atoms in total. The van der Waals surface area contributed by atoms with E-state index in [0.717, 1.165) is 11.3 Å². The lowest BCUT2D eigenvalue weighted by molar-refractivity contribution is -0.119. The number of hydrogen-bond acceptors (Lipinski definition) is 5. The molecule has 0 aromatic carbocycles. The van der Waals surface area contributed by atoms with E-state index in [-0.39, 0.29) is 16.2 Å². The highest BCUT2D eigenvalue weighted by Gasteiger charge is 2.30. The van der Waals surface area contributed by atoms with E-state index in [1.807, 2.05) is 6.07 Å². The lowest BCUT2D eigenvalue weighted by Crippen LogP contribution is -2.45. The average molecular weight is 313 g/mol. The van der Waals surface area contributed by atoms with Gasteiger partial charge in [-0.2, -0.15) is 9.57 Å². The van der Waals surface area contributed by atoms with Gasteiger partial charge in [-0.25, -0.2) is 8.42 Å². The molecule has 0 radical (unpaired) electrons. The van der Waals surface area contributed by atoms with Crippen molar-refractivity contribution in [2.75, 3.05) is 13.1 Å². The molecule has 1 aromatic rings. The van der Waals surface area contributed by atoms with Crippen molar-refractivity contribution in [3.8, 4) is 6.07 Å². The quantitative estimate of drug-likeness (QED) is 0.898. The van der Waals surface area contributed by atoms with Crippen LogP contribution in [0.3, 0.4) is 0 Å². The maximum Gasteiger partial charge on any atom is 0.252 e. The lowest BCUT2D eigenvalue weighted by Gasteiger charge is -2.30. The number of sulfonamides is 1. The van der Waals surface area contributed by atoms with E-state index in [9.17, 15) is 13.2 Å². The SMILES string of the molecule is CC(=O)NC1CCN(S(=O)(=O)c2ccc(C#N)s2)CC1. The summed E-state index contributed by atoms with van der Waals surface area (Å²) in [6.07, 6.45) is 1.21. The van der Waals surface area contributed by atoms with Crippen LogP contribution in [0.5, 0.6) is 0 Å². The van der Waals surface area contributed by atoms with Gasteiger partial charge in [0.2, 0.25) is 5.91 Å². The highest BCUT2D eigenvalue weighted by molar-refractivity contribution is 7.91. The first-order chi connectivity index (χ1) is 9.43. The Hall–Kier alpha value is -1.43. The van der Waals surface area contributed by atoms with Gasteiger partial charge in [0.15, 0.2) is 0 Å². The van der Waals surface area contributed by atoms with Gasteiger partial charge in [-0.1, -0.05) is 0 Å². The van der Waals surface area contributed by atoms with Crippen molar-refractivity contribution >= 4 is 27.3 Å². The van der Waals surface area contributed by atoms with Gasteiger partial charge >= 0.3 is 0 Å². The highest BCUT2D eigenvalue weighted by atomic mass is 32.2. The van der Waals surface area contributed by atoms with Gasteiger partial charge in [0.1, 0.15) is 15.2 Å². The van der Waals surface area contributed by atoms with Crippen molar-refractivity contribution in [2.24, 2.45) is 0 Å². The molecule has 2 rings (SSSR count). The first-order valence-corrected chi connectivity index (χ1v) is 8.46. The van der Waals surface area contributed by atoms with Crippen molar-refractivity contribution in [1.29, 1.82) is 5.26 Å². The standard InChI is InChI=1S/C12H15N3O3S2/c1-9(16)14-10-4-6-15(7-5-10)20(17,18)12-3-2-11(8-13)19-12/h2-3,10H,4-7H2,1H3,(H,14,16). The maximum absolute atomic E-state index is 12.4. The topological polar surface area (TPSA) is 90.3 Å². The van der Waals surface area contributed by atoms with Crippen LogP contribution < -0.4 is 5.32 Å². The van der Waals surface area contributed by atoms with Gasteiger partial charge in [-0.05, 0) is 25.0 Å². The summed E-state index contributed by atoms with van der Waals surface area (Å²) in [6, 6.07) is 4.96. The fraction of sp³-hybridized carbons (Fsp3) is 0.500. The molecule has 2 heterocycles. The van der Waals surface area contributed by atoms with Crippen molar-refractivity contribution in [2.45, 2.75) is 30.0 Å². The van der Waals surface area contributed by atoms with Crippen LogP contribution in [-0.4, -0.2) is 37.8 Å². The molecule has 0 spiro atoms. The summed E-state index contributed by atoms with van der Waals surface area (Å²) >= 11 is 0.984. The Balaban J connectivity index is 2.06. The highest BCUT2D eigenvalue weighted by Crippen LogP contribution is 2.26. The smallest absolute Gasteiger partial charge is 0.252 e. The number of nitrogens with one attached hydrogen (secondary N) is 1. The van der Waals surface area contributed by atoms with Crippen LogP contribution in [0.25, 0.3) is 0 Å². The molecule has 0 atom stereocenters. The fourth-order valence-corrected chi connectivity index (χ4v) is 4.90. The first kappa shape index (κ1) is 15.0. The van der Waals surface area contributed by atoms with E-state index < -0.39 is 10.0 Å². The number of nitriles is 1. The van der Waals surface area contributed by atoms with E-state index in [0.29, 0.717) is 30.8 Å². The maximum atomic E-state index is 12.4. The number of thiophene rings is 1. The molecule has 108 valence electrons. The molecule has 0 bridgehead atoms. The summed E-state index contributed by atoms with van der Waals surface area (Å²) in [5.41, 5.74) is 0. The summed E-state index contributed by atoms with van der Waals surface area (Å²) in [7, 11) is -3.52. The van der Waals surface area contributed by atoms with Gasteiger partial charge in [0, 0.05) is 26.1 Å². The predicted octanol–water partition coefficient (Wildman–Crippen LogP) is 0.909. The molecule has 1 N–H and O–H groups in total. The monoisotopic (exact) mass is 313 g/mol. The van der Waals surface area contributed by atoms with Gasteiger partial charge in [0.25, 0.3) is 10.0 Å². The normalized spacial score (nSPS) is 17.6. The second-order valence-corrected chi connectivity index (χ2v) is 7.86. The lowest BCUT2D eigenvalue weighted by atomic mass is 10.1. The average Bonchev–Trinajstić information content (AvgIpc) is 2.88. The summed E-state index contributed by atoms with van der Waals surface area (Å²) in [5.74, 6) is -0.0942. The molecule has 0 saturated carbocycles. The molecule has 1 saturated heterocycles. The second-order valence-electron chi connectivity index (χ2n) is 4.61. The molecule has 1 amide bonds. The molecule has 0 unspecified atom stereocenters. The van der Waals surface area contributed by atoms with Crippen LogP contribution in [0, 0.1) is 11.3 Å². The van der Waals surface area contributed by atoms with E-state index >= 15 is 0 Å². The van der Waals surface area contributed by atoms with Crippen molar-refractivity contribution < 1.29 is 13.2 Å². The molecule has 20 heavy (non-hydrogen) atoms. The second kappa shape index (κ2) is 5.91. The van der Waals surface area contributed by atoms with Crippen molar-refractivity contribution in [1.82, 2.24) is 9.62 Å². The van der Waals surface area contributed by atoms with E-state index in [1.54, 1.807) is 0 Å². The Labute approximate surface area is 122 Å². The van der Waals surface area contributed by atoms with Crippen LogP contribution >= 0.6 is 11.3 Å².